The summed E-state index contributed by atoms with van der Waals surface area (Å²) in [5.74, 6) is 1.93. The van der Waals surface area contributed by atoms with Crippen molar-refractivity contribution in [1.82, 2.24) is 0 Å². The lowest BCUT2D eigenvalue weighted by molar-refractivity contribution is -0.118. The highest BCUT2D eigenvalue weighted by Gasteiger charge is 2.06. The van der Waals surface area contributed by atoms with E-state index in [2.05, 4.69) is 35.1 Å². The number of hydrogen-bond acceptors (Lipinski definition) is 3. The molecule has 0 atom stereocenters. The second-order valence-corrected chi connectivity index (χ2v) is 7.22. The number of carbonyl (C=O) groups excluding carboxylic acids is 1. The molecule has 25 heavy (non-hydrogen) atoms. The molecule has 0 saturated carbocycles. The molecule has 0 aliphatic heterocycles. The minimum atomic E-state index is -0.198. The van der Waals surface area contributed by atoms with Crippen LogP contribution in [0.25, 0.3) is 0 Å². The topological polar surface area (TPSA) is 47.6 Å². The Morgan fingerprint density at radius 3 is 2.48 bits per heavy atom. The first-order chi connectivity index (χ1) is 11.9. The first-order valence-corrected chi connectivity index (χ1v) is 9.15. The molecule has 0 aliphatic carbocycles. The lowest BCUT2D eigenvalue weighted by Crippen LogP contribution is -2.20. The fourth-order valence-electron chi connectivity index (χ4n) is 2.16. The SMILES string of the molecule is Cc1cc(Br)ccc1OCC(=O)Nc1ccc(OCCC(C)C)cc1. The fourth-order valence-corrected chi connectivity index (χ4v) is 2.64. The molecule has 0 radical (unpaired) electrons. The van der Waals surface area contributed by atoms with Gasteiger partial charge in [-0.2, -0.15) is 0 Å². The number of aryl methyl sites for hydroxylation is 1. The van der Waals surface area contributed by atoms with Gasteiger partial charge < -0.3 is 14.8 Å². The molecule has 5 heteroatoms. The van der Waals surface area contributed by atoms with Crippen LogP contribution in [0.1, 0.15) is 25.8 Å². The van der Waals surface area contributed by atoms with Crippen LogP contribution in [0.4, 0.5) is 5.69 Å². The van der Waals surface area contributed by atoms with Gasteiger partial charge in [0, 0.05) is 10.2 Å². The van der Waals surface area contributed by atoms with E-state index >= 15 is 0 Å². The Balaban J connectivity index is 1.80. The van der Waals surface area contributed by atoms with E-state index in [-0.39, 0.29) is 12.5 Å². The van der Waals surface area contributed by atoms with E-state index in [1.807, 2.05) is 49.4 Å². The molecule has 0 fully saturated rings. The third-order valence-electron chi connectivity index (χ3n) is 3.60. The van der Waals surface area contributed by atoms with Gasteiger partial charge in [-0.1, -0.05) is 29.8 Å². The highest BCUT2D eigenvalue weighted by molar-refractivity contribution is 9.10. The summed E-state index contributed by atoms with van der Waals surface area (Å²) in [4.78, 5) is 12.0. The number of anilines is 1. The van der Waals surface area contributed by atoms with Crippen LogP contribution >= 0.6 is 15.9 Å². The molecule has 0 saturated heterocycles. The van der Waals surface area contributed by atoms with Crippen molar-refractivity contribution in [2.24, 2.45) is 5.92 Å². The zero-order valence-electron chi connectivity index (χ0n) is 14.8. The van der Waals surface area contributed by atoms with E-state index in [1.54, 1.807) is 0 Å². The summed E-state index contributed by atoms with van der Waals surface area (Å²) in [6.45, 7) is 6.94. The summed E-state index contributed by atoms with van der Waals surface area (Å²) in [5.41, 5.74) is 1.70. The number of halogens is 1. The first-order valence-electron chi connectivity index (χ1n) is 8.35. The highest BCUT2D eigenvalue weighted by Crippen LogP contribution is 2.22. The van der Waals surface area contributed by atoms with Crippen LogP contribution in [0.3, 0.4) is 0 Å². The zero-order chi connectivity index (χ0) is 18.2. The Morgan fingerprint density at radius 2 is 1.84 bits per heavy atom. The lowest BCUT2D eigenvalue weighted by Gasteiger charge is -2.11. The molecule has 0 unspecified atom stereocenters. The van der Waals surface area contributed by atoms with E-state index < -0.39 is 0 Å². The van der Waals surface area contributed by atoms with Crippen molar-refractivity contribution in [3.63, 3.8) is 0 Å². The van der Waals surface area contributed by atoms with E-state index in [9.17, 15) is 4.79 Å². The predicted molar refractivity (Wildman–Crippen MR) is 104 cm³/mol. The van der Waals surface area contributed by atoms with E-state index in [0.717, 1.165) is 27.9 Å². The zero-order valence-corrected chi connectivity index (χ0v) is 16.4. The minimum absolute atomic E-state index is 0.0326. The van der Waals surface area contributed by atoms with E-state index in [1.165, 1.54) is 0 Å². The molecular weight excluding hydrogens is 382 g/mol. The van der Waals surface area contributed by atoms with Gasteiger partial charge in [-0.05, 0) is 67.3 Å². The van der Waals surface area contributed by atoms with Crippen LogP contribution in [-0.2, 0) is 4.79 Å². The normalized spacial score (nSPS) is 10.6. The van der Waals surface area contributed by atoms with Gasteiger partial charge in [0.15, 0.2) is 6.61 Å². The van der Waals surface area contributed by atoms with Gasteiger partial charge in [0.25, 0.3) is 5.91 Å². The number of carbonyl (C=O) groups is 1. The maximum atomic E-state index is 12.0. The average molecular weight is 406 g/mol. The summed E-state index contributed by atoms with van der Waals surface area (Å²) >= 11 is 3.40. The summed E-state index contributed by atoms with van der Waals surface area (Å²) in [6.07, 6.45) is 1.02. The molecule has 134 valence electrons. The number of ether oxygens (including phenoxy) is 2. The van der Waals surface area contributed by atoms with Gasteiger partial charge in [-0.25, -0.2) is 0 Å². The van der Waals surface area contributed by atoms with E-state index in [0.29, 0.717) is 18.3 Å². The molecule has 1 N–H and O–H groups in total. The molecule has 1 amide bonds. The van der Waals surface area contributed by atoms with Crippen molar-refractivity contribution < 1.29 is 14.3 Å². The molecule has 2 aromatic carbocycles. The molecule has 0 heterocycles. The highest BCUT2D eigenvalue weighted by atomic mass is 79.9. The number of hydrogen-bond donors (Lipinski definition) is 1. The molecule has 0 bridgehead atoms. The second-order valence-electron chi connectivity index (χ2n) is 6.30. The van der Waals surface area contributed by atoms with Crippen LogP contribution in [0.15, 0.2) is 46.9 Å². The summed E-state index contributed by atoms with van der Waals surface area (Å²) in [7, 11) is 0. The third kappa shape index (κ3) is 6.78. The smallest absolute Gasteiger partial charge is 0.262 e. The van der Waals surface area contributed by atoms with Gasteiger partial charge in [-0.15, -0.1) is 0 Å². The number of amides is 1. The maximum Gasteiger partial charge on any atom is 0.262 e. The Bertz CT molecular complexity index is 699. The van der Waals surface area contributed by atoms with Gasteiger partial charge >= 0.3 is 0 Å². The standard InChI is InChI=1S/C20H24BrNO3/c1-14(2)10-11-24-18-7-5-17(6-8-18)22-20(23)13-25-19-9-4-16(21)12-15(19)3/h4-9,12,14H,10-11,13H2,1-3H3,(H,22,23). The van der Waals surface area contributed by atoms with Crippen molar-refractivity contribution >= 4 is 27.5 Å². The first kappa shape index (κ1) is 19.3. The summed E-state index contributed by atoms with van der Waals surface area (Å²) in [6, 6.07) is 13.0. The van der Waals surface area contributed by atoms with Crippen molar-refractivity contribution in [2.45, 2.75) is 27.2 Å². The maximum absolute atomic E-state index is 12.0. The van der Waals surface area contributed by atoms with Crippen LogP contribution in [0, 0.1) is 12.8 Å². The van der Waals surface area contributed by atoms with Gasteiger partial charge in [0.05, 0.1) is 6.61 Å². The van der Waals surface area contributed by atoms with Gasteiger partial charge in [0.1, 0.15) is 11.5 Å². The lowest BCUT2D eigenvalue weighted by atomic mass is 10.1. The Kier molecular flexibility index (Phi) is 7.31. The predicted octanol–water partition coefficient (Wildman–Crippen LogP) is 5.20. The van der Waals surface area contributed by atoms with Crippen molar-refractivity contribution in [2.75, 3.05) is 18.5 Å². The minimum Gasteiger partial charge on any atom is -0.494 e. The van der Waals surface area contributed by atoms with E-state index in [4.69, 9.17) is 9.47 Å². The number of rotatable bonds is 8. The number of nitrogens with one attached hydrogen (secondary N) is 1. The molecule has 0 aliphatic rings. The Labute approximate surface area is 157 Å². The molecule has 0 spiro atoms. The molecular formula is C20H24BrNO3. The fraction of sp³-hybridized carbons (Fsp3) is 0.350. The Morgan fingerprint density at radius 1 is 1.12 bits per heavy atom. The largest absolute Gasteiger partial charge is 0.494 e. The molecule has 2 rings (SSSR count). The van der Waals surface area contributed by atoms with Crippen LogP contribution in [0.2, 0.25) is 0 Å². The Hall–Kier alpha value is -2.01. The average Bonchev–Trinajstić information content (AvgIpc) is 2.55. The van der Waals surface area contributed by atoms with Crippen LogP contribution in [0.5, 0.6) is 11.5 Å². The molecule has 0 aromatic heterocycles. The number of benzene rings is 2. The summed E-state index contributed by atoms with van der Waals surface area (Å²) in [5, 5.41) is 2.82. The van der Waals surface area contributed by atoms with Crippen LogP contribution < -0.4 is 14.8 Å². The van der Waals surface area contributed by atoms with Crippen LogP contribution in [-0.4, -0.2) is 19.1 Å². The molecule has 2 aromatic rings. The third-order valence-corrected chi connectivity index (χ3v) is 4.09. The second kappa shape index (κ2) is 9.47. The van der Waals surface area contributed by atoms with Gasteiger partial charge in [-0.3, -0.25) is 4.79 Å². The van der Waals surface area contributed by atoms with Crippen molar-refractivity contribution in [3.8, 4) is 11.5 Å². The van der Waals surface area contributed by atoms with Crippen molar-refractivity contribution in [1.29, 1.82) is 0 Å². The monoisotopic (exact) mass is 405 g/mol. The summed E-state index contributed by atoms with van der Waals surface area (Å²) < 4.78 is 12.2. The van der Waals surface area contributed by atoms with Crippen molar-refractivity contribution in [3.05, 3.63) is 52.5 Å². The van der Waals surface area contributed by atoms with Gasteiger partial charge in [0.2, 0.25) is 0 Å². The molecule has 4 nitrogen and oxygen atoms in total. The quantitative estimate of drug-likeness (QED) is 0.656.